The predicted molar refractivity (Wildman–Crippen MR) is 55.6 cm³/mol. The molecule has 1 heterocycles. The lowest BCUT2D eigenvalue weighted by molar-refractivity contribution is -0.132. The zero-order chi connectivity index (χ0) is 12.9. The van der Waals surface area contributed by atoms with Gasteiger partial charge < -0.3 is 9.64 Å². The Bertz CT molecular complexity index is 331. The van der Waals surface area contributed by atoms with Crippen LogP contribution >= 0.6 is 0 Å². The summed E-state index contributed by atoms with van der Waals surface area (Å²) >= 11 is 0. The van der Waals surface area contributed by atoms with Crippen LogP contribution in [0.5, 0.6) is 0 Å². The van der Waals surface area contributed by atoms with Gasteiger partial charge in [-0.3, -0.25) is 4.79 Å². The van der Waals surface area contributed by atoms with Crippen molar-refractivity contribution in [2.75, 3.05) is 26.3 Å². The highest BCUT2D eigenvalue weighted by atomic mass is 19.3. The molecular weight excluding hydrogens is 234 g/mol. The van der Waals surface area contributed by atoms with E-state index in [2.05, 4.69) is 10.0 Å². The molecule has 0 aromatic rings. The van der Waals surface area contributed by atoms with Crippen molar-refractivity contribution in [2.45, 2.75) is 25.3 Å². The predicted octanol–water partition coefficient (Wildman–Crippen LogP) is 1.57. The van der Waals surface area contributed by atoms with Gasteiger partial charge in [0.1, 0.15) is 6.54 Å². The molecular formula is C9H14F2N4O2. The zero-order valence-electron chi connectivity index (χ0n) is 9.47. The van der Waals surface area contributed by atoms with Gasteiger partial charge in [-0.15, -0.1) is 0 Å². The summed E-state index contributed by atoms with van der Waals surface area (Å²) < 4.78 is 31.5. The zero-order valence-corrected chi connectivity index (χ0v) is 9.47. The van der Waals surface area contributed by atoms with Crippen LogP contribution in [0.15, 0.2) is 5.11 Å². The van der Waals surface area contributed by atoms with Crippen molar-refractivity contribution in [3.63, 3.8) is 0 Å². The summed E-state index contributed by atoms with van der Waals surface area (Å²) in [5.74, 6) is -3.49. The van der Waals surface area contributed by atoms with Gasteiger partial charge in [-0.2, -0.15) is 0 Å². The number of ether oxygens (including phenoxy) is 1. The molecule has 17 heavy (non-hydrogen) atoms. The van der Waals surface area contributed by atoms with E-state index >= 15 is 0 Å². The maximum Gasteiger partial charge on any atom is 0.267 e. The number of rotatable bonds is 5. The topological polar surface area (TPSA) is 78.3 Å². The van der Waals surface area contributed by atoms with E-state index in [4.69, 9.17) is 10.3 Å². The van der Waals surface area contributed by atoms with Gasteiger partial charge in [0.25, 0.3) is 5.92 Å². The summed E-state index contributed by atoms with van der Waals surface area (Å²) in [7, 11) is 0. The summed E-state index contributed by atoms with van der Waals surface area (Å²) in [6, 6.07) is -0.647. The van der Waals surface area contributed by atoms with E-state index in [0.717, 1.165) is 4.90 Å². The van der Waals surface area contributed by atoms with Crippen molar-refractivity contribution in [2.24, 2.45) is 5.11 Å². The van der Waals surface area contributed by atoms with Gasteiger partial charge >= 0.3 is 0 Å². The van der Waals surface area contributed by atoms with E-state index in [1.807, 2.05) is 0 Å². The Hall–Kier alpha value is -1.40. The van der Waals surface area contributed by atoms with Crippen LogP contribution in [0.2, 0.25) is 0 Å². The largest absolute Gasteiger partial charge is 0.380 e. The lowest BCUT2D eigenvalue weighted by atomic mass is 10.2. The standard InChI is InChI=1S/C9H14F2N4O2/c1-2-17-5-7-3-9(10,11)6-15(7)8(16)4-13-14-12/h7H,2-6H2,1H3. The first kappa shape index (κ1) is 13.7. The monoisotopic (exact) mass is 248 g/mol. The molecule has 0 aliphatic carbocycles. The second-order valence-electron chi connectivity index (χ2n) is 3.78. The highest BCUT2D eigenvalue weighted by Gasteiger charge is 2.46. The third kappa shape index (κ3) is 3.83. The van der Waals surface area contributed by atoms with Crippen molar-refractivity contribution in [1.82, 2.24) is 4.90 Å². The van der Waals surface area contributed by atoms with Gasteiger partial charge in [-0.25, -0.2) is 8.78 Å². The first-order chi connectivity index (χ1) is 8.00. The van der Waals surface area contributed by atoms with Crippen LogP contribution in [0.3, 0.4) is 0 Å². The van der Waals surface area contributed by atoms with Crippen LogP contribution in [-0.4, -0.2) is 49.1 Å². The Kier molecular flexibility index (Phi) is 4.65. The molecule has 1 amide bonds. The summed E-state index contributed by atoms with van der Waals surface area (Å²) in [5.41, 5.74) is 8.08. The molecule has 1 rings (SSSR count). The minimum absolute atomic E-state index is 0.0775. The molecule has 1 atom stereocenters. The molecule has 96 valence electrons. The maximum absolute atomic E-state index is 13.2. The number of carbonyl (C=O) groups is 1. The first-order valence-corrected chi connectivity index (χ1v) is 5.26. The third-order valence-electron chi connectivity index (χ3n) is 2.48. The molecule has 1 unspecified atom stereocenters. The van der Waals surface area contributed by atoms with E-state index < -0.39 is 37.4 Å². The lowest BCUT2D eigenvalue weighted by Gasteiger charge is -2.22. The second-order valence-corrected chi connectivity index (χ2v) is 3.78. The molecule has 6 nitrogen and oxygen atoms in total. The molecule has 1 saturated heterocycles. The molecule has 0 saturated carbocycles. The van der Waals surface area contributed by atoms with Crippen molar-refractivity contribution >= 4 is 5.91 Å². The number of alkyl halides is 2. The van der Waals surface area contributed by atoms with Crippen molar-refractivity contribution in [3.05, 3.63) is 10.4 Å². The fourth-order valence-electron chi connectivity index (χ4n) is 1.78. The number of likely N-dealkylation sites (tertiary alicyclic amines) is 1. The third-order valence-corrected chi connectivity index (χ3v) is 2.48. The quantitative estimate of drug-likeness (QED) is 0.420. The van der Waals surface area contributed by atoms with Crippen LogP contribution in [-0.2, 0) is 9.53 Å². The average Bonchev–Trinajstić information content (AvgIpc) is 2.58. The molecule has 1 aliphatic heterocycles. The van der Waals surface area contributed by atoms with Gasteiger partial charge in [-0.05, 0) is 12.5 Å². The van der Waals surface area contributed by atoms with E-state index in [1.54, 1.807) is 6.92 Å². The van der Waals surface area contributed by atoms with Crippen molar-refractivity contribution in [1.29, 1.82) is 0 Å². The van der Waals surface area contributed by atoms with E-state index in [0.29, 0.717) is 6.61 Å². The fourth-order valence-corrected chi connectivity index (χ4v) is 1.78. The average molecular weight is 248 g/mol. The van der Waals surface area contributed by atoms with Crippen LogP contribution in [0.25, 0.3) is 10.4 Å². The van der Waals surface area contributed by atoms with Crippen LogP contribution in [0.1, 0.15) is 13.3 Å². The number of carbonyl (C=O) groups excluding carboxylic acids is 1. The Morgan fingerprint density at radius 2 is 2.41 bits per heavy atom. The summed E-state index contributed by atoms with van der Waals surface area (Å²) in [4.78, 5) is 15.0. The Balaban J connectivity index is 2.65. The van der Waals surface area contributed by atoms with Gasteiger partial charge in [0.2, 0.25) is 5.91 Å². The Morgan fingerprint density at radius 1 is 1.71 bits per heavy atom. The number of amides is 1. The Labute approximate surface area is 97.2 Å². The molecule has 0 bridgehead atoms. The minimum atomic E-state index is -2.90. The number of hydrogen-bond donors (Lipinski definition) is 0. The molecule has 0 radical (unpaired) electrons. The van der Waals surface area contributed by atoms with Gasteiger partial charge in [-0.1, -0.05) is 5.11 Å². The van der Waals surface area contributed by atoms with E-state index in [9.17, 15) is 13.6 Å². The number of halogens is 2. The van der Waals surface area contributed by atoms with Crippen molar-refractivity contribution in [3.8, 4) is 0 Å². The normalized spacial score (nSPS) is 22.3. The Morgan fingerprint density at radius 3 is 3.00 bits per heavy atom. The summed E-state index contributed by atoms with van der Waals surface area (Å²) in [6.45, 7) is 1.16. The van der Waals surface area contributed by atoms with Crippen molar-refractivity contribution < 1.29 is 18.3 Å². The van der Waals surface area contributed by atoms with Gasteiger partial charge in [0.15, 0.2) is 0 Å². The number of hydrogen-bond acceptors (Lipinski definition) is 3. The van der Waals surface area contributed by atoms with Crippen LogP contribution in [0.4, 0.5) is 8.78 Å². The lowest BCUT2D eigenvalue weighted by Crippen LogP contribution is -2.40. The van der Waals surface area contributed by atoms with Gasteiger partial charge in [0, 0.05) is 17.9 Å². The smallest absolute Gasteiger partial charge is 0.267 e. The minimum Gasteiger partial charge on any atom is -0.380 e. The van der Waals surface area contributed by atoms with E-state index in [-0.39, 0.29) is 6.61 Å². The van der Waals surface area contributed by atoms with E-state index in [1.165, 1.54) is 0 Å². The maximum atomic E-state index is 13.2. The van der Waals surface area contributed by atoms with Crippen LogP contribution < -0.4 is 0 Å². The second kappa shape index (κ2) is 5.79. The molecule has 1 fully saturated rings. The van der Waals surface area contributed by atoms with Gasteiger partial charge in [0.05, 0.1) is 19.2 Å². The highest BCUT2D eigenvalue weighted by Crippen LogP contribution is 2.32. The summed E-state index contributed by atoms with van der Waals surface area (Å²) in [6.07, 6.45) is -0.408. The summed E-state index contributed by atoms with van der Waals surface area (Å²) in [5, 5.41) is 3.08. The molecule has 1 aliphatic rings. The number of azide groups is 1. The van der Waals surface area contributed by atoms with Crippen LogP contribution in [0, 0.1) is 0 Å². The molecule has 8 heteroatoms. The number of nitrogens with zero attached hydrogens (tertiary/aromatic N) is 4. The fraction of sp³-hybridized carbons (Fsp3) is 0.889. The first-order valence-electron chi connectivity index (χ1n) is 5.26. The molecule has 0 aromatic carbocycles. The molecule has 0 N–H and O–H groups in total. The molecule has 0 aromatic heterocycles. The highest BCUT2D eigenvalue weighted by molar-refractivity contribution is 5.79. The molecule has 0 spiro atoms. The SMILES string of the molecule is CCOCC1CC(F)(F)CN1C(=O)CN=[N+]=[N-].